The van der Waals surface area contributed by atoms with E-state index in [4.69, 9.17) is 4.74 Å². The molecule has 4 nitrogen and oxygen atoms in total. The van der Waals surface area contributed by atoms with Crippen LogP contribution in [0.25, 0.3) is 0 Å². The van der Waals surface area contributed by atoms with Gasteiger partial charge in [-0.05, 0) is 24.0 Å². The molecule has 0 amide bonds. The summed E-state index contributed by atoms with van der Waals surface area (Å²) in [7, 11) is 0. The van der Waals surface area contributed by atoms with E-state index in [1.165, 1.54) is 11.1 Å². The highest BCUT2D eigenvalue weighted by Gasteiger charge is 2.40. The molecule has 2 heterocycles. The average molecular weight is 352 g/mol. The average Bonchev–Trinajstić information content (AvgIpc) is 3.14. The summed E-state index contributed by atoms with van der Waals surface area (Å²) >= 11 is 0. The summed E-state index contributed by atoms with van der Waals surface area (Å²) in [6.07, 6.45) is 0.866. The Morgan fingerprint density at radius 3 is 2.44 bits per heavy atom. The van der Waals surface area contributed by atoms with Gasteiger partial charge in [-0.25, -0.2) is 8.78 Å². The Labute approximate surface area is 147 Å². The Morgan fingerprint density at radius 1 is 1.16 bits per heavy atom. The van der Waals surface area contributed by atoms with Crippen LogP contribution in [0.2, 0.25) is 0 Å². The van der Waals surface area contributed by atoms with Gasteiger partial charge in [-0.15, -0.1) is 0 Å². The van der Waals surface area contributed by atoms with Crippen LogP contribution < -0.4 is 5.32 Å². The van der Waals surface area contributed by atoms with Gasteiger partial charge in [-0.1, -0.05) is 24.3 Å². The monoisotopic (exact) mass is 352 g/mol. The molecule has 2 fully saturated rings. The zero-order chi connectivity index (χ0) is 17.4. The van der Waals surface area contributed by atoms with Crippen LogP contribution in [0.1, 0.15) is 24.0 Å². The van der Waals surface area contributed by atoms with Gasteiger partial charge in [0.05, 0.1) is 24.9 Å². The number of nitrogens with zero attached hydrogens (tertiary/aromatic N) is 1. The number of hydrogen-bond donors (Lipinski definition) is 2. The maximum Gasteiger partial charge on any atom is 0.250 e. The van der Waals surface area contributed by atoms with Gasteiger partial charge >= 0.3 is 0 Å². The Bertz CT molecular complexity index is 578. The molecule has 138 valence electrons. The van der Waals surface area contributed by atoms with Crippen molar-refractivity contribution in [3.8, 4) is 0 Å². The minimum Gasteiger partial charge on any atom is -0.389 e. The number of rotatable bonds is 4. The lowest BCUT2D eigenvalue weighted by Crippen LogP contribution is -2.49. The molecule has 2 N–H and O–H groups in total. The van der Waals surface area contributed by atoms with Crippen molar-refractivity contribution in [1.29, 1.82) is 0 Å². The van der Waals surface area contributed by atoms with E-state index < -0.39 is 12.0 Å². The predicted molar refractivity (Wildman–Crippen MR) is 90.9 cm³/mol. The fourth-order valence-corrected chi connectivity index (χ4v) is 4.29. The number of alkyl halides is 2. The number of piperidine rings is 1. The fraction of sp³-hybridized carbons (Fsp3) is 0.684. The normalized spacial score (nSPS) is 32.8. The minimum atomic E-state index is -2.53. The topological polar surface area (TPSA) is 44.7 Å². The van der Waals surface area contributed by atoms with E-state index in [-0.39, 0.29) is 25.0 Å². The highest BCUT2D eigenvalue weighted by atomic mass is 19.3. The molecule has 0 bridgehead atoms. The zero-order valence-electron chi connectivity index (χ0n) is 14.3. The van der Waals surface area contributed by atoms with Crippen LogP contribution in [0.4, 0.5) is 8.78 Å². The molecule has 25 heavy (non-hydrogen) atoms. The standard InChI is InChI=1S/C19H26F2N2O2/c20-19(21)5-7-23(8-6-19)11-17-18(24)16(12-25-17)22-15-9-13-3-1-2-4-14(13)10-15/h1-4,15-18,22,24H,5-12H2. The molecule has 0 spiro atoms. The first kappa shape index (κ1) is 17.3. The number of aliphatic hydroxyl groups excluding tert-OH is 1. The highest BCUT2D eigenvalue weighted by molar-refractivity contribution is 5.33. The van der Waals surface area contributed by atoms with Crippen LogP contribution in [-0.2, 0) is 17.6 Å². The van der Waals surface area contributed by atoms with Gasteiger partial charge in [0.2, 0.25) is 0 Å². The third-order valence-corrected chi connectivity index (χ3v) is 5.81. The van der Waals surface area contributed by atoms with Crippen molar-refractivity contribution in [1.82, 2.24) is 10.2 Å². The number of halogens is 2. The van der Waals surface area contributed by atoms with Crippen molar-refractivity contribution in [2.24, 2.45) is 0 Å². The third kappa shape index (κ3) is 3.87. The molecule has 0 saturated carbocycles. The Balaban J connectivity index is 1.27. The Kier molecular flexibility index (Phi) is 4.79. The number of benzene rings is 1. The number of ether oxygens (including phenoxy) is 1. The molecule has 0 radical (unpaired) electrons. The third-order valence-electron chi connectivity index (χ3n) is 5.81. The molecule has 1 aromatic carbocycles. The summed E-state index contributed by atoms with van der Waals surface area (Å²) in [6, 6.07) is 8.68. The number of hydrogen-bond acceptors (Lipinski definition) is 4. The molecular formula is C19H26F2N2O2. The molecule has 6 heteroatoms. The molecular weight excluding hydrogens is 326 g/mol. The highest BCUT2D eigenvalue weighted by Crippen LogP contribution is 2.29. The molecule has 2 saturated heterocycles. The maximum atomic E-state index is 13.3. The Hall–Kier alpha value is -1.08. The van der Waals surface area contributed by atoms with E-state index in [2.05, 4.69) is 29.6 Å². The van der Waals surface area contributed by atoms with Crippen molar-refractivity contribution in [2.75, 3.05) is 26.2 Å². The smallest absolute Gasteiger partial charge is 0.250 e. The van der Waals surface area contributed by atoms with E-state index in [0.29, 0.717) is 32.3 Å². The van der Waals surface area contributed by atoms with E-state index in [1.807, 2.05) is 4.90 Å². The van der Waals surface area contributed by atoms with Gasteiger partial charge in [-0.2, -0.15) is 0 Å². The lowest BCUT2D eigenvalue weighted by Gasteiger charge is -2.33. The van der Waals surface area contributed by atoms with E-state index in [0.717, 1.165) is 12.8 Å². The largest absolute Gasteiger partial charge is 0.389 e. The zero-order valence-corrected chi connectivity index (χ0v) is 14.3. The fourth-order valence-electron chi connectivity index (χ4n) is 4.29. The molecule has 3 aliphatic rings. The van der Waals surface area contributed by atoms with Crippen molar-refractivity contribution in [2.45, 2.75) is 55.9 Å². The number of likely N-dealkylation sites (tertiary alicyclic amines) is 1. The van der Waals surface area contributed by atoms with Crippen molar-refractivity contribution < 1.29 is 18.6 Å². The van der Waals surface area contributed by atoms with Crippen molar-refractivity contribution in [3.63, 3.8) is 0 Å². The van der Waals surface area contributed by atoms with Gasteiger partial charge < -0.3 is 20.1 Å². The number of fused-ring (bicyclic) bond motifs is 1. The molecule has 3 atom stereocenters. The Morgan fingerprint density at radius 2 is 1.80 bits per heavy atom. The summed E-state index contributed by atoms with van der Waals surface area (Å²) in [6.45, 7) is 1.74. The summed E-state index contributed by atoms with van der Waals surface area (Å²) in [4.78, 5) is 1.99. The summed E-state index contributed by atoms with van der Waals surface area (Å²) in [5, 5.41) is 14.1. The first-order valence-corrected chi connectivity index (χ1v) is 9.23. The van der Waals surface area contributed by atoms with Crippen LogP contribution in [0.3, 0.4) is 0 Å². The lowest BCUT2D eigenvalue weighted by molar-refractivity contribution is -0.0674. The summed E-state index contributed by atoms with van der Waals surface area (Å²) in [5.74, 6) is -2.53. The molecule has 4 rings (SSSR count). The van der Waals surface area contributed by atoms with E-state index in [9.17, 15) is 13.9 Å². The van der Waals surface area contributed by atoms with Gasteiger partial charge in [0, 0.05) is 38.5 Å². The van der Waals surface area contributed by atoms with E-state index >= 15 is 0 Å². The number of nitrogens with one attached hydrogen (secondary N) is 1. The lowest BCUT2D eigenvalue weighted by atomic mass is 10.0. The molecule has 1 aliphatic carbocycles. The van der Waals surface area contributed by atoms with Gasteiger partial charge in [0.15, 0.2) is 0 Å². The SMILES string of the molecule is OC1C(NC2Cc3ccccc3C2)COC1CN1CCC(F)(F)CC1. The molecule has 2 aliphatic heterocycles. The second-order valence-electron chi connectivity index (χ2n) is 7.67. The summed E-state index contributed by atoms with van der Waals surface area (Å²) < 4.78 is 32.3. The van der Waals surface area contributed by atoms with Crippen LogP contribution in [-0.4, -0.2) is 66.5 Å². The van der Waals surface area contributed by atoms with Crippen LogP contribution in [0, 0.1) is 0 Å². The first-order chi connectivity index (χ1) is 12.0. The molecule has 1 aromatic rings. The second kappa shape index (κ2) is 6.91. The second-order valence-corrected chi connectivity index (χ2v) is 7.67. The van der Waals surface area contributed by atoms with Crippen LogP contribution in [0.15, 0.2) is 24.3 Å². The van der Waals surface area contributed by atoms with E-state index in [1.54, 1.807) is 0 Å². The van der Waals surface area contributed by atoms with Gasteiger partial charge in [0.25, 0.3) is 5.92 Å². The first-order valence-electron chi connectivity index (χ1n) is 9.23. The quantitative estimate of drug-likeness (QED) is 0.864. The van der Waals surface area contributed by atoms with Crippen LogP contribution in [0.5, 0.6) is 0 Å². The van der Waals surface area contributed by atoms with Crippen LogP contribution >= 0.6 is 0 Å². The minimum absolute atomic E-state index is 0.0875. The number of aliphatic hydroxyl groups is 1. The van der Waals surface area contributed by atoms with Gasteiger partial charge in [-0.3, -0.25) is 0 Å². The molecule has 3 unspecified atom stereocenters. The van der Waals surface area contributed by atoms with Crippen molar-refractivity contribution >= 4 is 0 Å². The predicted octanol–water partition coefficient (Wildman–Crippen LogP) is 1.60. The van der Waals surface area contributed by atoms with Gasteiger partial charge in [0.1, 0.15) is 0 Å². The van der Waals surface area contributed by atoms with Crippen molar-refractivity contribution in [3.05, 3.63) is 35.4 Å². The molecule has 0 aromatic heterocycles. The summed E-state index contributed by atoms with van der Waals surface area (Å²) in [5.41, 5.74) is 2.75. The maximum absolute atomic E-state index is 13.3.